The average Bonchev–Trinajstić information content (AvgIpc) is 3.05. The first kappa shape index (κ1) is 16.6. The summed E-state index contributed by atoms with van der Waals surface area (Å²) in [6, 6.07) is 13.3. The first-order chi connectivity index (χ1) is 12.2. The van der Waals surface area contributed by atoms with E-state index in [2.05, 4.69) is 0 Å². The number of esters is 1. The molecule has 0 bridgehead atoms. The Balaban J connectivity index is 2.30. The Morgan fingerprint density at radius 2 is 1.84 bits per heavy atom. The highest BCUT2D eigenvalue weighted by Gasteiger charge is 2.27. The summed E-state index contributed by atoms with van der Waals surface area (Å²) in [4.78, 5) is 12.3. The van der Waals surface area contributed by atoms with Gasteiger partial charge in [-0.15, -0.1) is 0 Å². The number of methoxy groups -OCH3 is 3. The fourth-order valence-corrected chi connectivity index (χ4v) is 2.78. The van der Waals surface area contributed by atoms with E-state index < -0.39 is 5.97 Å². The molecular formula is C20H18O5. The van der Waals surface area contributed by atoms with E-state index in [1.54, 1.807) is 19.4 Å². The molecule has 0 atom stereocenters. The molecule has 5 nitrogen and oxygen atoms in total. The Morgan fingerprint density at radius 1 is 1.04 bits per heavy atom. The third kappa shape index (κ3) is 3.08. The highest BCUT2D eigenvalue weighted by atomic mass is 16.5. The SMILES string of the molecule is COC=C(C(=O)OC)c1c(-c2cccc(OC)c2)cc2cccoc1-2. The third-order valence-electron chi connectivity index (χ3n) is 3.89. The smallest absolute Gasteiger partial charge is 0.341 e. The van der Waals surface area contributed by atoms with Gasteiger partial charge in [-0.3, -0.25) is 0 Å². The molecule has 1 aromatic carbocycles. The number of rotatable bonds is 5. The monoisotopic (exact) mass is 338 g/mol. The van der Waals surface area contributed by atoms with Crippen molar-refractivity contribution in [3.8, 4) is 28.2 Å². The van der Waals surface area contributed by atoms with Crippen molar-refractivity contribution >= 4 is 11.5 Å². The van der Waals surface area contributed by atoms with Crippen LogP contribution in [-0.4, -0.2) is 27.3 Å². The molecule has 1 aromatic rings. The summed E-state index contributed by atoms with van der Waals surface area (Å²) in [7, 11) is 4.43. The zero-order valence-electron chi connectivity index (χ0n) is 14.2. The second-order valence-electron chi connectivity index (χ2n) is 5.32. The van der Waals surface area contributed by atoms with Gasteiger partial charge in [0.2, 0.25) is 0 Å². The maximum atomic E-state index is 12.3. The van der Waals surface area contributed by atoms with Gasteiger partial charge in [0.15, 0.2) is 0 Å². The topological polar surface area (TPSA) is 57.9 Å². The van der Waals surface area contributed by atoms with E-state index in [0.717, 1.165) is 22.4 Å². The van der Waals surface area contributed by atoms with Crippen LogP contribution in [0.5, 0.6) is 5.75 Å². The summed E-state index contributed by atoms with van der Waals surface area (Å²) >= 11 is 0. The predicted octanol–water partition coefficient (Wildman–Crippen LogP) is 4.22. The van der Waals surface area contributed by atoms with E-state index in [4.69, 9.17) is 18.6 Å². The molecule has 1 aliphatic carbocycles. The minimum Gasteiger partial charge on any atom is -0.503 e. The van der Waals surface area contributed by atoms with E-state index in [0.29, 0.717) is 11.3 Å². The number of carbonyl (C=O) groups is 1. The Morgan fingerprint density at radius 3 is 2.56 bits per heavy atom. The van der Waals surface area contributed by atoms with Gasteiger partial charge < -0.3 is 18.6 Å². The summed E-state index contributed by atoms with van der Waals surface area (Å²) in [6.07, 6.45) is 2.94. The van der Waals surface area contributed by atoms with Crippen LogP contribution in [0.2, 0.25) is 0 Å². The van der Waals surface area contributed by atoms with Gasteiger partial charge in [-0.2, -0.15) is 0 Å². The van der Waals surface area contributed by atoms with Crippen LogP contribution in [0.3, 0.4) is 0 Å². The van der Waals surface area contributed by atoms with Gasteiger partial charge in [-0.05, 0) is 41.5 Å². The number of hydrogen-bond acceptors (Lipinski definition) is 5. The molecule has 0 N–H and O–H groups in total. The largest absolute Gasteiger partial charge is 0.503 e. The van der Waals surface area contributed by atoms with Crippen molar-refractivity contribution < 1.29 is 23.4 Å². The third-order valence-corrected chi connectivity index (χ3v) is 3.89. The van der Waals surface area contributed by atoms with Crippen LogP contribution in [0.1, 0.15) is 5.56 Å². The molecular weight excluding hydrogens is 320 g/mol. The van der Waals surface area contributed by atoms with Crippen LogP contribution >= 0.6 is 0 Å². The van der Waals surface area contributed by atoms with Gasteiger partial charge in [-0.25, -0.2) is 4.79 Å². The molecule has 2 aliphatic rings. The van der Waals surface area contributed by atoms with Gasteiger partial charge in [0.25, 0.3) is 0 Å². The van der Waals surface area contributed by atoms with Gasteiger partial charge in [-0.1, -0.05) is 12.1 Å². The molecule has 25 heavy (non-hydrogen) atoms. The molecule has 0 spiro atoms. The first-order valence-corrected chi connectivity index (χ1v) is 7.66. The molecule has 1 heterocycles. The quantitative estimate of drug-likeness (QED) is 0.396. The van der Waals surface area contributed by atoms with E-state index in [1.165, 1.54) is 20.5 Å². The molecule has 0 amide bonds. The molecule has 0 fully saturated rings. The van der Waals surface area contributed by atoms with E-state index in [9.17, 15) is 4.79 Å². The number of ether oxygens (including phenoxy) is 3. The van der Waals surface area contributed by atoms with Crippen molar-refractivity contribution in [3.63, 3.8) is 0 Å². The zero-order chi connectivity index (χ0) is 17.8. The molecule has 0 saturated carbocycles. The highest BCUT2D eigenvalue weighted by Crippen LogP contribution is 2.42. The summed E-state index contributed by atoms with van der Waals surface area (Å²) in [5.74, 6) is 0.813. The molecule has 0 unspecified atom stereocenters. The van der Waals surface area contributed by atoms with Crippen molar-refractivity contribution in [2.24, 2.45) is 0 Å². The van der Waals surface area contributed by atoms with Gasteiger partial charge in [0.1, 0.15) is 17.1 Å². The number of hydrogen-bond donors (Lipinski definition) is 0. The van der Waals surface area contributed by atoms with Crippen LogP contribution in [0.25, 0.3) is 28.0 Å². The van der Waals surface area contributed by atoms with Gasteiger partial charge in [0, 0.05) is 11.1 Å². The zero-order valence-corrected chi connectivity index (χ0v) is 14.2. The van der Waals surface area contributed by atoms with Crippen molar-refractivity contribution in [2.75, 3.05) is 21.3 Å². The lowest BCUT2D eigenvalue weighted by molar-refractivity contribution is -0.133. The van der Waals surface area contributed by atoms with Crippen LogP contribution in [0, 0.1) is 0 Å². The van der Waals surface area contributed by atoms with Crippen LogP contribution in [0.15, 0.2) is 59.4 Å². The Hall–Kier alpha value is -3.21. The van der Waals surface area contributed by atoms with Gasteiger partial charge in [0.05, 0.1) is 33.9 Å². The van der Waals surface area contributed by atoms with Crippen molar-refractivity contribution in [3.05, 3.63) is 60.6 Å². The first-order valence-electron chi connectivity index (χ1n) is 7.66. The number of fused-ring (bicyclic) bond motifs is 1. The highest BCUT2D eigenvalue weighted by molar-refractivity contribution is 6.20. The van der Waals surface area contributed by atoms with Crippen LogP contribution < -0.4 is 4.74 Å². The van der Waals surface area contributed by atoms with Crippen molar-refractivity contribution in [2.45, 2.75) is 0 Å². The van der Waals surface area contributed by atoms with Gasteiger partial charge >= 0.3 is 5.97 Å². The second-order valence-corrected chi connectivity index (χ2v) is 5.32. The fraction of sp³-hybridized carbons (Fsp3) is 0.150. The number of carbonyl (C=O) groups excluding carboxylic acids is 1. The van der Waals surface area contributed by atoms with Crippen molar-refractivity contribution in [1.29, 1.82) is 0 Å². The maximum Gasteiger partial charge on any atom is 0.341 e. The molecule has 0 saturated heterocycles. The number of benzene rings is 1. The van der Waals surface area contributed by atoms with Crippen LogP contribution in [-0.2, 0) is 14.3 Å². The summed E-state index contributed by atoms with van der Waals surface area (Å²) < 4.78 is 21.0. The molecule has 0 aromatic heterocycles. The summed E-state index contributed by atoms with van der Waals surface area (Å²) in [6.45, 7) is 0. The van der Waals surface area contributed by atoms with Crippen LogP contribution in [0.4, 0.5) is 0 Å². The minimum absolute atomic E-state index is 0.285. The average molecular weight is 338 g/mol. The second kappa shape index (κ2) is 7.13. The Labute approximate surface area is 145 Å². The summed E-state index contributed by atoms with van der Waals surface area (Å²) in [5.41, 5.74) is 3.51. The fourth-order valence-electron chi connectivity index (χ4n) is 2.78. The molecule has 0 radical (unpaired) electrons. The summed E-state index contributed by atoms with van der Waals surface area (Å²) in [5, 5.41) is 0. The maximum absolute atomic E-state index is 12.3. The lowest BCUT2D eigenvalue weighted by Crippen LogP contribution is -2.05. The Kier molecular flexibility index (Phi) is 4.75. The molecule has 1 aliphatic heterocycles. The lowest BCUT2D eigenvalue weighted by atomic mass is 9.99. The normalized spacial score (nSPS) is 11.4. The molecule has 128 valence electrons. The van der Waals surface area contributed by atoms with Crippen molar-refractivity contribution in [1.82, 2.24) is 0 Å². The molecule has 5 heteroatoms. The minimum atomic E-state index is -0.502. The lowest BCUT2D eigenvalue weighted by Gasteiger charge is -2.10. The van der Waals surface area contributed by atoms with E-state index in [1.807, 2.05) is 36.4 Å². The predicted molar refractivity (Wildman–Crippen MR) is 94.3 cm³/mol. The van der Waals surface area contributed by atoms with E-state index >= 15 is 0 Å². The van der Waals surface area contributed by atoms with E-state index in [-0.39, 0.29) is 5.57 Å². The standard InChI is InChI=1S/C20H18O5/c1-22-12-17(20(21)24-3)18-16(11-14-7-5-9-25-19(14)18)13-6-4-8-15(10-13)23-2/h4-12H,1-3H3. The molecule has 3 rings (SSSR count). The Bertz CT molecular complexity index is 891.